The molecule has 11 rings (SSSR count). The largest absolute Gasteiger partial charge is 0.289 e. The summed E-state index contributed by atoms with van der Waals surface area (Å²) in [5.41, 5.74) is 12.0. The van der Waals surface area contributed by atoms with Crippen molar-refractivity contribution >= 4 is 96.5 Å². The highest BCUT2D eigenvalue weighted by Gasteiger charge is 2.29. The molecule has 0 bridgehead atoms. The number of rotatable bonds is 36. The third-order valence-corrected chi connectivity index (χ3v) is 27.3. The average molecular weight is 1290 g/mol. The number of fused-ring (bicyclic) bond motifs is 3. The minimum absolute atomic E-state index is 0.150. The summed E-state index contributed by atoms with van der Waals surface area (Å²) < 4.78 is 0. The van der Waals surface area contributed by atoms with Crippen LogP contribution in [0.1, 0.15) is 220 Å². The first kappa shape index (κ1) is 63.3. The molecule has 0 fully saturated rings. The van der Waals surface area contributed by atoms with Gasteiger partial charge in [0.2, 0.25) is 0 Å². The zero-order valence-corrected chi connectivity index (χ0v) is 58.1. The number of carbonyl (C=O) groups is 1. The van der Waals surface area contributed by atoms with Crippen LogP contribution in [0.25, 0.3) is 90.5 Å². The van der Waals surface area contributed by atoms with Gasteiger partial charge in [0, 0.05) is 79.4 Å². The lowest BCUT2D eigenvalue weighted by Crippen LogP contribution is -1.95. The van der Waals surface area contributed by atoms with Crippen molar-refractivity contribution in [3.63, 3.8) is 0 Å². The van der Waals surface area contributed by atoms with Crippen LogP contribution in [0.4, 0.5) is 0 Å². The van der Waals surface area contributed by atoms with Crippen LogP contribution < -0.4 is 0 Å². The molecule has 10 aromatic rings. The highest BCUT2D eigenvalue weighted by Crippen LogP contribution is 2.50. The number of thiophene rings is 8. The summed E-state index contributed by atoms with van der Waals surface area (Å²) >= 11 is 15.5. The number of unbranched alkanes of at least 4 members (excludes halogenated alkanes) is 20. The molecule has 1 aliphatic carbocycles. The van der Waals surface area contributed by atoms with Crippen molar-refractivity contribution in [2.24, 2.45) is 0 Å². The smallest absolute Gasteiger partial charge is 0.194 e. The number of hydrogen-bond acceptors (Lipinski definition) is 9. The van der Waals surface area contributed by atoms with Gasteiger partial charge >= 0.3 is 0 Å². The van der Waals surface area contributed by atoms with E-state index in [0.717, 1.165) is 46.2 Å². The Morgan fingerprint density at radius 3 is 0.907 bits per heavy atom. The monoisotopic (exact) mass is 1280 g/mol. The van der Waals surface area contributed by atoms with Crippen molar-refractivity contribution in [2.45, 2.75) is 207 Å². The molecule has 0 saturated carbocycles. The minimum atomic E-state index is 0.150. The first-order valence-electron chi connectivity index (χ1n) is 33.0. The summed E-state index contributed by atoms with van der Waals surface area (Å²) in [4.78, 5) is 34.0. The topological polar surface area (TPSA) is 17.1 Å². The summed E-state index contributed by atoms with van der Waals surface area (Å²) in [6.45, 7) is 9.20. The van der Waals surface area contributed by atoms with E-state index in [2.05, 4.69) is 148 Å². The molecule has 86 heavy (non-hydrogen) atoms. The summed E-state index contributed by atoms with van der Waals surface area (Å²) in [5.74, 6) is 0.150. The molecule has 0 amide bonds. The number of hydrogen-bond donors (Lipinski definition) is 0. The van der Waals surface area contributed by atoms with Crippen molar-refractivity contribution in [2.75, 3.05) is 0 Å². The van der Waals surface area contributed by atoms with E-state index in [1.807, 2.05) is 90.7 Å². The number of benzene rings is 2. The van der Waals surface area contributed by atoms with E-state index in [4.69, 9.17) is 0 Å². The Labute approximate surface area is 547 Å². The van der Waals surface area contributed by atoms with E-state index in [1.54, 1.807) is 0 Å². The highest BCUT2D eigenvalue weighted by molar-refractivity contribution is 7.30. The maximum Gasteiger partial charge on any atom is 0.194 e. The molecule has 0 unspecified atom stereocenters. The SMILES string of the molecule is CCCCCCCCc1ccsc1-c1ccc(-c2ccc(-c3sc(-c4ccc5c(c4)C(=O)c4cc(-c6cc(CCCCCCCC)c(-c7ccc(-c8ccc(-c9sccc9CCCCCCCC)s8)s7)s6)ccc4-5)cc3CCCCCCCC)s2)s1. The van der Waals surface area contributed by atoms with Crippen LogP contribution in [-0.4, -0.2) is 5.78 Å². The minimum Gasteiger partial charge on any atom is -0.289 e. The standard InChI is InChI=1S/C77H88OS8/c1-5-9-13-17-21-25-29-53-45-47-79-74(53)67-41-37-63(81-67)65-39-43-69(83-65)76-57(31-27-23-19-15-11-7-3)51-71(85-76)55-33-35-59-60-36-34-56(50-62(60)73(78)61(59)49-55)72-52-58(32-28-24-20-16-12-8-4)77(86-72)70-44-40-66(84-70)64-38-42-68(82-64)75-54(46-48-80-75)30-26-22-18-14-10-6-2/h33-52H,5-32H2,1-4H3. The average Bonchev–Trinajstić information content (AvgIpc) is 3.80. The maximum absolute atomic E-state index is 14.8. The zero-order valence-electron chi connectivity index (χ0n) is 51.5. The Balaban J connectivity index is 0.813. The summed E-state index contributed by atoms with van der Waals surface area (Å²) in [5, 5.41) is 4.59. The van der Waals surface area contributed by atoms with Gasteiger partial charge in [-0.05, 0) is 192 Å². The van der Waals surface area contributed by atoms with Gasteiger partial charge in [0.25, 0.3) is 0 Å². The quantitative estimate of drug-likeness (QED) is 0.0358. The van der Waals surface area contributed by atoms with E-state index < -0.39 is 0 Å². The van der Waals surface area contributed by atoms with E-state index in [1.165, 1.54) is 257 Å². The lowest BCUT2D eigenvalue weighted by Gasteiger charge is -2.04. The third kappa shape index (κ3) is 15.6. The molecule has 1 aliphatic rings. The van der Waals surface area contributed by atoms with E-state index in [9.17, 15) is 4.79 Å². The van der Waals surface area contributed by atoms with Crippen LogP contribution in [0.2, 0.25) is 0 Å². The maximum atomic E-state index is 14.8. The fourth-order valence-corrected chi connectivity index (χ4v) is 21.7. The lowest BCUT2D eigenvalue weighted by atomic mass is 10.0. The molecular formula is C77H88OS8. The predicted octanol–water partition coefficient (Wildman–Crippen LogP) is 28.3. The van der Waals surface area contributed by atoms with Crippen LogP contribution in [0, 0.1) is 0 Å². The van der Waals surface area contributed by atoms with Crippen LogP contribution in [0.15, 0.2) is 120 Å². The summed E-state index contributed by atoms with van der Waals surface area (Å²) in [7, 11) is 0. The van der Waals surface area contributed by atoms with E-state index in [-0.39, 0.29) is 5.78 Å². The Hall–Kier alpha value is -4.29. The van der Waals surface area contributed by atoms with Crippen molar-refractivity contribution in [3.05, 3.63) is 153 Å². The second kappa shape index (κ2) is 31.9. The molecular weight excluding hydrogens is 1200 g/mol. The molecule has 1 nitrogen and oxygen atoms in total. The van der Waals surface area contributed by atoms with Gasteiger partial charge in [-0.25, -0.2) is 0 Å². The van der Waals surface area contributed by atoms with Gasteiger partial charge in [0.1, 0.15) is 0 Å². The molecule has 0 spiro atoms. The normalized spacial score (nSPS) is 12.1. The first-order valence-corrected chi connectivity index (χ1v) is 39.7. The molecule has 0 N–H and O–H groups in total. The van der Waals surface area contributed by atoms with Gasteiger partial charge in [-0.15, -0.1) is 90.7 Å². The fourth-order valence-electron chi connectivity index (χ4n) is 12.6. The Morgan fingerprint density at radius 1 is 0.256 bits per heavy atom. The van der Waals surface area contributed by atoms with Gasteiger partial charge in [-0.1, -0.05) is 180 Å². The molecule has 0 atom stereocenters. The molecule has 0 saturated heterocycles. The molecule has 0 aliphatic heterocycles. The summed E-state index contributed by atoms with van der Waals surface area (Å²) in [6.07, 6.45) is 35.9. The van der Waals surface area contributed by atoms with Gasteiger partial charge < -0.3 is 0 Å². The Morgan fingerprint density at radius 2 is 0.558 bits per heavy atom. The van der Waals surface area contributed by atoms with Crippen molar-refractivity contribution in [1.29, 1.82) is 0 Å². The van der Waals surface area contributed by atoms with Gasteiger partial charge in [-0.2, -0.15) is 0 Å². The molecule has 2 aromatic carbocycles. The van der Waals surface area contributed by atoms with Crippen LogP contribution in [-0.2, 0) is 25.7 Å². The molecule has 450 valence electrons. The van der Waals surface area contributed by atoms with Crippen LogP contribution in [0.5, 0.6) is 0 Å². The van der Waals surface area contributed by atoms with E-state index >= 15 is 0 Å². The van der Waals surface area contributed by atoms with Gasteiger partial charge in [0.15, 0.2) is 5.78 Å². The van der Waals surface area contributed by atoms with Crippen molar-refractivity contribution in [1.82, 2.24) is 0 Å². The molecule has 8 heterocycles. The Kier molecular flexibility index (Phi) is 23.5. The first-order chi connectivity index (χ1) is 42.4. The van der Waals surface area contributed by atoms with Crippen LogP contribution >= 0.6 is 90.7 Å². The molecule has 9 heteroatoms. The molecule has 0 radical (unpaired) electrons. The number of aryl methyl sites for hydroxylation is 4. The second-order valence-electron chi connectivity index (χ2n) is 24.1. The lowest BCUT2D eigenvalue weighted by molar-refractivity contribution is 0.104. The zero-order chi connectivity index (χ0) is 59.0. The highest BCUT2D eigenvalue weighted by atomic mass is 32.1. The predicted molar refractivity (Wildman–Crippen MR) is 390 cm³/mol. The van der Waals surface area contributed by atoms with Crippen molar-refractivity contribution < 1.29 is 4.79 Å². The van der Waals surface area contributed by atoms with Gasteiger partial charge in [0.05, 0.1) is 0 Å². The number of carbonyl (C=O) groups excluding carboxylic acids is 1. The van der Waals surface area contributed by atoms with Gasteiger partial charge in [-0.3, -0.25) is 4.79 Å². The van der Waals surface area contributed by atoms with Crippen LogP contribution in [0.3, 0.4) is 0 Å². The third-order valence-electron chi connectivity index (χ3n) is 17.5. The second-order valence-corrected chi connectivity index (χ2v) is 32.3. The van der Waals surface area contributed by atoms with Crippen molar-refractivity contribution in [3.8, 4) is 90.5 Å². The van der Waals surface area contributed by atoms with E-state index in [0.29, 0.717) is 0 Å². The summed E-state index contributed by atoms with van der Waals surface area (Å²) in [6, 6.07) is 42.0. The fraction of sp³-hybridized carbons (Fsp3) is 0.416. The Bertz CT molecular complexity index is 3490. The number of ketones is 1. The molecule has 8 aromatic heterocycles.